The Hall–Kier alpha value is -2.30. The van der Waals surface area contributed by atoms with Crippen LogP contribution >= 0.6 is 0 Å². The number of aromatic nitrogens is 1. The number of hydrogen-bond donors (Lipinski definition) is 2. The van der Waals surface area contributed by atoms with Crippen LogP contribution in [0.4, 0.5) is 0 Å². The third-order valence-electron chi connectivity index (χ3n) is 3.94. The third-order valence-corrected chi connectivity index (χ3v) is 3.94. The van der Waals surface area contributed by atoms with Crippen LogP contribution in [0.1, 0.15) is 30.1 Å². The number of aromatic hydroxyl groups is 1. The van der Waals surface area contributed by atoms with Gasteiger partial charge in [-0.25, -0.2) is 0 Å². The van der Waals surface area contributed by atoms with Gasteiger partial charge >= 0.3 is 0 Å². The molecule has 0 radical (unpaired) electrons. The summed E-state index contributed by atoms with van der Waals surface area (Å²) >= 11 is 0. The van der Waals surface area contributed by atoms with E-state index in [1.807, 2.05) is 11.8 Å². The molecule has 2 heterocycles. The molecule has 3 rings (SSSR count). The first-order valence-corrected chi connectivity index (χ1v) is 6.73. The number of pyridine rings is 1. The predicted octanol–water partition coefficient (Wildman–Crippen LogP) is 1.86. The fraction of sp³-hybridized carbons (Fsp3) is 0.333. The number of fused-ring (bicyclic) bond motifs is 1. The average Bonchev–Trinajstić information content (AvgIpc) is 2.88. The van der Waals surface area contributed by atoms with Crippen molar-refractivity contribution in [2.24, 2.45) is 0 Å². The van der Waals surface area contributed by atoms with E-state index in [0.29, 0.717) is 16.3 Å². The molecule has 1 aliphatic rings. The molecule has 1 aromatic heterocycles. The summed E-state index contributed by atoms with van der Waals surface area (Å²) in [5.41, 5.74) is 0.185. The molecule has 1 fully saturated rings. The van der Waals surface area contributed by atoms with E-state index in [0.717, 1.165) is 19.4 Å². The largest absolute Gasteiger partial charge is 0.506 e. The average molecular weight is 272 g/mol. The highest BCUT2D eigenvalue weighted by atomic mass is 16.3. The number of nitrogens with one attached hydrogen (secondary N) is 1. The molecule has 0 bridgehead atoms. The van der Waals surface area contributed by atoms with Gasteiger partial charge in [-0.3, -0.25) is 9.59 Å². The molecule has 20 heavy (non-hydrogen) atoms. The van der Waals surface area contributed by atoms with Crippen molar-refractivity contribution in [1.82, 2.24) is 9.88 Å². The summed E-state index contributed by atoms with van der Waals surface area (Å²) in [7, 11) is 0. The zero-order chi connectivity index (χ0) is 14.3. The number of likely N-dealkylation sites (tertiary alicyclic amines) is 1. The number of H-pyrrole nitrogens is 1. The van der Waals surface area contributed by atoms with Crippen LogP contribution in [-0.2, 0) is 0 Å². The van der Waals surface area contributed by atoms with E-state index < -0.39 is 0 Å². The van der Waals surface area contributed by atoms with Crippen LogP contribution in [0.15, 0.2) is 29.2 Å². The Bertz CT molecular complexity index is 735. The molecule has 0 spiro atoms. The number of nitrogens with zero attached hydrogens (tertiary/aromatic N) is 1. The molecule has 2 N–H and O–H groups in total. The predicted molar refractivity (Wildman–Crippen MR) is 76.0 cm³/mol. The van der Waals surface area contributed by atoms with Gasteiger partial charge in [0.2, 0.25) is 0 Å². The second kappa shape index (κ2) is 4.67. The Balaban J connectivity index is 2.07. The van der Waals surface area contributed by atoms with Crippen molar-refractivity contribution in [2.75, 3.05) is 6.54 Å². The van der Waals surface area contributed by atoms with Gasteiger partial charge < -0.3 is 15.0 Å². The van der Waals surface area contributed by atoms with E-state index in [4.69, 9.17) is 0 Å². The van der Waals surface area contributed by atoms with E-state index in [-0.39, 0.29) is 23.3 Å². The zero-order valence-corrected chi connectivity index (χ0v) is 11.2. The molecule has 1 aliphatic heterocycles. The van der Waals surface area contributed by atoms with Gasteiger partial charge in [-0.05, 0) is 38.0 Å². The number of carbonyl (C=O) groups excluding carboxylic acids is 1. The standard InChI is InChI=1S/C15H16N2O3/c1-9-3-2-6-17(9)15(20)10-4-5-11-12(7-10)14(19)16-8-13(11)18/h4-5,7-9,18H,2-3,6H2,1H3,(H,16,19). The van der Waals surface area contributed by atoms with Gasteiger partial charge in [0.05, 0.1) is 5.39 Å². The second-order valence-electron chi connectivity index (χ2n) is 5.25. The van der Waals surface area contributed by atoms with Crippen LogP contribution in [0.25, 0.3) is 10.8 Å². The van der Waals surface area contributed by atoms with E-state index in [9.17, 15) is 14.7 Å². The fourth-order valence-corrected chi connectivity index (χ4v) is 2.78. The summed E-state index contributed by atoms with van der Waals surface area (Å²) in [5.74, 6) is -0.0483. The lowest BCUT2D eigenvalue weighted by molar-refractivity contribution is 0.0747. The first kappa shape index (κ1) is 12.7. The summed E-state index contributed by atoms with van der Waals surface area (Å²) < 4.78 is 0. The smallest absolute Gasteiger partial charge is 0.256 e. The van der Waals surface area contributed by atoms with Crippen molar-refractivity contribution in [1.29, 1.82) is 0 Å². The van der Waals surface area contributed by atoms with Gasteiger partial charge in [-0.2, -0.15) is 0 Å². The highest BCUT2D eigenvalue weighted by Gasteiger charge is 2.26. The number of carbonyl (C=O) groups is 1. The van der Waals surface area contributed by atoms with Gasteiger partial charge in [0.15, 0.2) is 0 Å². The minimum absolute atomic E-state index is 0.00754. The lowest BCUT2D eigenvalue weighted by atomic mass is 10.1. The van der Waals surface area contributed by atoms with E-state index in [1.165, 1.54) is 6.20 Å². The molecule has 5 nitrogen and oxygen atoms in total. The van der Waals surface area contributed by atoms with Crippen LogP contribution in [0.5, 0.6) is 5.75 Å². The minimum Gasteiger partial charge on any atom is -0.506 e. The van der Waals surface area contributed by atoms with E-state index in [2.05, 4.69) is 4.98 Å². The molecule has 0 aliphatic carbocycles. The Kier molecular flexibility index (Phi) is 2.97. The van der Waals surface area contributed by atoms with Crippen molar-refractivity contribution < 1.29 is 9.90 Å². The topological polar surface area (TPSA) is 73.4 Å². The highest BCUT2D eigenvalue weighted by Crippen LogP contribution is 2.24. The minimum atomic E-state index is -0.304. The molecule has 2 aromatic rings. The summed E-state index contributed by atoms with van der Waals surface area (Å²) in [5, 5.41) is 10.5. The number of rotatable bonds is 1. The summed E-state index contributed by atoms with van der Waals surface area (Å²) in [6.07, 6.45) is 3.29. The van der Waals surface area contributed by atoms with Crippen LogP contribution < -0.4 is 5.56 Å². The lowest BCUT2D eigenvalue weighted by Crippen LogP contribution is -2.33. The SMILES string of the molecule is CC1CCCN1C(=O)c1ccc2c(O)c[nH]c(=O)c2c1. The molecular weight excluding hydrogens is 256 g/mol. The van der Waals surface area contributed by atoms with Gasteiger partial charge in [-0.15, -0.1) is 0 Å². The monoisotopic (exact) mass is 272 g/mol. The molecular formula is C15H16N2O3. The van der Waals surface area contributed by atoms with Crippen molar-refractivity contribution in [3.05, 3.63) is 40.3 Å². The van der Waals surface area contributed by atoms with Crippen molar-refractivity contribution in [3.63, 3.8) is 0 Å². The zero-order valence-electron chi connectivity index (χ0n) is 11.2. The number of hydrogen-bond acceptors (Lipinski definition) is 3. The van der Waals surface area contributed by atoms with Gasteiger partial charge in [0, 0.05) is 29.7 Å². The molecule has 1 aromatic carbocycles. The highest BCUT2D eigenvalue weighted by molar-refractivity contribution is 5.99. The normalized spacial score (nSPS) is 18.6. The molecule has 1 amide bonds. The maximum absolute atomic E-state index is 12.4. The van der Waals surface area contributed by atoms with Crippen LogP contribution in [-0.4, -0.2) is 33.5 Å². The summed E-state index contributed by atoms with van der Waals surface area (Å²) in [4.78, 5) is 28.5. The maximum Gasteiger partial charge on any atom is 0.256 e. The molecule has 5 heteroatoms. The van der Waals surface area contributed by atoms with Crippen LogP contribution in [0, 0.1) is 0 Å². The van der Waals surface area contributed by atoms with Crippen LogP contribution in [0.3, 0.4) is 0 Å². The number of amides is 1. The van der Waals surface area contributed by atoms with Crippen LogP contribution in [0.2, 0.25) is 0 Å². The first-order chi connectivity index (χ1) is 9.58. The molecule has 0 saturated carbocycles. The van der Waals surface area contributed by atoms with E-state index in [1.54, 1.807) is 18.2 Å². The molecule has 1 saturated heterocycles. The van der Waals surface area contributed by atoms with Crippen molar-refractivity contribution >= 4 is 16.7 Å². The van der Waals surface area contributed by atoms with Crippen molar-refractivity contribution in [2.45, 2.75) is 25.8 Å². The van der Waals surface area contributed by atoms with Crippen molar-refractivity contribution in [3.8, 4) is 5.75 Å². The Morgan fingerprint density at radius 3 is 2.90 bits per heavy atom. The summed E-state index contributed by atoms with van der Waals surface area (Å²) in [6.45, 7) is 2.79. The molecule has 1 unspecified atom stereocenters. The third kappa shape index (κ3) is 1.95. The molecule has 1 atom stereocenters. The quantitative estimate of drug-likeness (QED) is 0.832. The summed E-state index contributed by atoms with van der Waals surface area (Å²) in [6, 6.07) is 5.07. The number of benzene rings is 1. The van der Waals surface area contributed by atoms with Gasteiger partial charge in [0.25, 0.3) is 11.5 Å². The first-order valence-electron chi connectivity index (χ1n) is 6.73. The Morgan fingerprint density at radius 2 is 2.20 bits per heavy atom. The Labute approximate surface area is 115 Å². The molecule has 104 valence electrons. The van der Waals surface area contributed by atoms with E-state index >= 15 is 0 Å². The van der Waals surface area contributed by atoms with Gasteiger partial charge in [0.1, 0.15) is 5.75 Å². The lowest BCUT2D eigenvalue weighted by Gasteiger charge is -2.21. The second-order valence-corrected chi connectivity index (χ2v) is 5.25. The van der Waals surface area contributed by atoms with Gasteiger partial charge in [-0.1, -0.05) is 0 Å². The Morgan fingerprint density at radius 1 is 1.40 bits per heavy atom. The number of aromatic amines is 1. The fourth-order valence-electron chi connectivity index (χ4n) is 2.78. The maximum atomic E-state index is 12.4.